The Hall–Kier alpha value is -1.04. The molecule has 110 valence electrons. The lowest BCUT2D eigenvalue weighted by atomic mass is 9.86. The van der Waals surface area contributed by atoms with Crippen LogP contribution in [0.15, 0.2) is 12.1 Å². The van der Waals surface area contributed by atoms with Gasteiger partial charge in [-0.1, -0.05) is 32.9 Å². The summed E-state index contributed by atoms with van der Waals surface area (Å²) < 4.78 is 0.927. The molecule has 1 aromatic heterocycles. The summed E-state index contributed by atoms with van der Waals surface area (Å²) in [7, 11) is 3.33. The molecule has 0 spiro atoms. The van der Waals surface area contributed by atoms with E-state index in [-0.39, 0.29) is 11.4 Å². The number of hydrogen-bond donors (Lipinski definition) is 0. The fraction of sp³-hybridized carbons (Fsp3) is 0.375. The number of aryl methyl sites for hydroxylation is 2. The maximum absolute atomic E-state index is 12.3. The molecule has 1 aromatic carbocycles. The van der Waals surface area contributed by atoms with Crippen molar-refractivity contribution in [2.75, 3.05) is 4.90 Å². The molecule has 0 unspecified atom stereocenters. The van der Waals surface area contributed by atoms with Crippen molar-refractivity contribution in [3.8, 4) is 11.1 Å². The van der Waals surface area contributed by atoms with Gasteiger partial charge in [0.2, 0.25) is 5.91 Å². The standard InChI is InChI=1S/C16H17NOS3/c1-8-6-11-12(7-9(8)2)17(10(3)18)16(4,5)14-13(11)15(19)21-20-14/h6-7H,1-5H3. The van der Waals surface area contributed by atoms with Gasteiger partial charge < -0.3 is 4.90 Å². The van der Waals surface area contributed by atoms with Gasteiger partial charge in [-0.25, -0.2) is 0 Å². The molecule has 0 saturated heterocycles. The van der Waals surface area contributed by atoms with Crippen molar-refractivity contribution < 1.29 is 4.79 Å². The molecule has 0 saturated carbocycles. The van der Waals surface area contributed by atoms with Crippen molar-refractivity contribution >= 4 is 44.5 Å². The van der Waals surface area contributed by atoms with Crippen molar-refractivity contribution in [2.45, 2.75) is 40.2 Å². The summed E-state index contributed by atoms with van der Waals surface area (Å²) in [6.07, 6.45) is 0. The van der Waals surface area contributed by atoms with Gasteiger partial charge in [0.1, 0.15) is 3.82 Å². The normalized spacial score (nSPS) is 15.6. The second-order valence-electron chi connectivity index (χ2n) is 6.03. The first kappa shape index (κ1) is 14.9. The molecular formula is C16H17NOS3. The third kappa shape index (κ3) is 2.02. The van der Waals surface area contributed by atoms with Crippen molar-refractivity contribution in [2.24, 2.45) is 0 Å². The van der Waals surface area contributed by atoms with Crippen LogP contribution in [0.2, 0.25) is 0 Å². The zero-order valence-electron chi connectivity index (χ0n) is 12.7. The first-order chi connectivity index (χ1) is 9.75. The number of amides is 1. The Morgan fingerprint density at radius 3 is 2.43 bits per heavy atom. The monoisotopic (exact) mass is 335 g/mol. The molecule has 0 N–H and O–H groups in total. The Balaban J connectivity index is 2.46. The van der Waals surface area contributed by atoms with E-state index in [0.29, 0.717) is 0 Å². The molecule has 0 bridgehead atoms. The van der Waals surface area contributed by atoms with Gasteiger partial charge in [0, 0.05) is 18.1 Å². The summed E-state index contributed by atoms with van der Waals surface area (Å²) in [5.41, 5.74) is 5.32. The van der Waals surface area contributed by atoms with E-state index >= 15 is 0 Å². The minimum Gasteiger partial charge on any atom is -0.301 e. The van der Waals surface area contributed by atoms with E-state index < -0.39 is 0 Å². The molecule has 5 heteroatoms. The van der Waals surface area contributed by atoms with Crippen LogP contribution in [0.5, 0.6) is 0 Å². The SMILES string of the molecule is CC(=O)N1c2cc(C)c(C)cc2-c2c(ssc2=S)C1(C)C. The summed E-state index contributed by atoms with van der Waals surface area (Å²) in [6, 6.07) is 4.29. The number of nitrogens with zero attached hydrogens (tertiary/aromatic N) is 1. The van der Waals surface area contributed by atoms with Gasteiger partial charge in [-0.3, -0.25) is 4.79 Å². The average molecular weight is 336 g/mol. The first-order valence-corrected chi connectivity index (χ1v) is 9.37. The van der Waals surface area contributed by atoms with Gasteiger partial charge in [-0.05, 0) is 51.0 Å². The van der Waals surface area contributed by atoms with Gasteiger partial charge in [-0.2, -0.15) is 0 Å². The van der Waals surface area contributed by atoms with Crippen molar-refractivity contribution in [3.63, 3.8) is 0 Å². The highest BCUT2D eigenvalue weighted by Gasteiger charge is 2.41. The third-order valence-electron chi connectivity index (χ3n) is 4.18. The smallest absolute Gasteiger partial charge is 0.224 e. The second-order valence-corrected chi connectivity index (χ2v) is 8.84. The Bertz CT molecular complexity index is 813. The molecule has 3 rings (SSSR count). The zero-order valence-corrected chi connectivity index (χ0v) is 15.2. The fourth-order valence-electron chi connectivity index (χ4n) is 3.05. The lowest BCUT2D eigenvalue weighted by Crippen LogP contribution is -2.46. The van der Waals surface area contributed by atoms with E-state index in [1.165, 1.54) is 16.0 Å². The maximum atomic E-state index is 12.3. The van der Waals surface area contributed by atoms with Crippen LogP contribution in [0.3, 0.4) is 0 Å². The summed E-state index contributed by atoms with van der Waals surface area (Å²) in [5, 5.41) is 0. The number of carbonyl (C=O) groups is 1. The molecule has 2 nitrogen and oxygen atoms in total. The van der Waals surface area contributed by atoms with Crippen LogP contribution < -0.4 is 4.90 Å². The molecule has 0 aliphatic carbocycles. The largest absolute Gasteiger partial charge is 0.301 e. The van der Waals surface area contributed by atoms with Gasteiger partial charge in [-0.15, -0.1) is 0 Å². The van der Waals surface area contributed by atoms with Gasteiger partial charge in [0.25, 0.3) is 0 Å². The minimum atomic E-state index is -0.353. The second kappa shape index (κ2) is 4.73. The molecule has 1 aliphatic rings. The molecule has 1 aliphatic heterocycles. The number of hydrogen-bond acceptors (Lipinski definition) is 4. The highest BCUT2D eigenvalue weighted by atomic mass is 32.9. The Labute approximate surface area is 137 Å². The molecule has 2 heterocycles. The molecule has 2 aromatic rings. The first-order valence-electron chi connectivity index (χ1n) is 6.81. The minimum absolute atomic E-state index is 0.0690. The third-order valence-corrected chi connectivity index (χ3v) is 7.51. The van der Waals surface area contributed by atoms with E-state index in [4.69, 9.17) is 12.2 Å². The van der Waals surface area contributed by atoms with Crippen LogP contribution in [0.1, 0.15) is 36.8 Å². The number of anilines is 1. The zero-order chi connectivity index (χ0) is 15.5. The lowest BCUT2D eigenvalue weighted by Gasteiger charge is -2.42. The fourth-order valence-corrected chi connectivity index (χ4v) is 6.33. The van der Waals surface area contributed by atoms with Crippen LogP contribution in [0.4, 0.5) is 5.69 Å². The van der Waals surface area contributed by atoms with Crippen LogP contribution >= 0.6 is 32.9 Å². The van der Waals surface area contributed by atoms with E-state index in [2.05, 4.69) is 39.8 Å². The molecule has 21 heavy (non-hydrogen) atoms. The quantitative estimate of drug-likeness (QED) is 0.473. The Kier molecular flexibility index (Phi) is 3.35. The van der Waals surface area contributed by atoms with Gasteiger partial charge in [0.05, 0.1) is 16.1 Å². The highest BCUT2D eigenvalue weighted by molar-refractivity contribution is 7.80. The van der Waals surface area contributed by atoms with E-state index in [9.17, 15) is 4.79 Å². The number of fused-ring (bicyclic) bond motifs is 3. The topological polar surface area (TPSA) is 20.3 Å². The van der Waals surface area contributed by atoms with E-state index in [1.807, 2.05) is 4.90 Å². The maximum Gasteiger partial charge on any atom is 0.224 e. The van der Waals surface area contributed by atoms with Crippen LogP contribution in [-0.4, -0.2) is 5.91 Å². The van der Waals surface area contributed by atoms with Crippen molar-refractivity contribution in [1.82, 2.24) is 0 Å². The van der Waals surface area contributed by atoms with Gasteiger partial charge >= 0.3 is 0 Å². The molecule has 0 fully saturated rings. The highest BCUT2D eigenvalue weighted by Crippen LogP contribution is 2.52. The Morgan fingerprint density at radius 2 is 1.81 bits per heavy atom. The van der Waals surface area contributed by atoms with Gasteiger partial charge in [0.15, 0.2) is 0 Å². The number of carbonyl (C=O) groups excluding carboxylic acids is 1. The van der Waals surface area contributed by atoms with Crippen molar-refractivity contribution in [3.05, 3.63) is 32.0 Å². The summed E-state index contributed by atoms with van der Waals surface area (Å²) >= 11 is 5.56. The number of benzene rings is 1. The Morgan fingerprint density at radius 1 is 1.19 bits per heavy atom. The summed E-state index contributed by atoms with van der Waals surface area (Å²) in [6.45, 7) is 10.0. The molecule has 1 amide bonds. The molecule has 0 radical (unpaired) electrons. The summed E-state index contributed by atoms with van der Waals surface area (Å²) in [5.74, 6) is 0.0690. The van der Waals surface area contributed by atoms with Crippen LogP contribution in [-0.2, 0) is 10.3 Å². The lowest BCUT2D eigenvalue weighted by molar-refractivity contribution is -0.117. The van der Waals surface area contributed by atoms with E-state index in [0.717, 1.165) is 20.6 Å². The van der Waals surface area contributed by atoms with E-state index in [1.54, 1.807) is 27.6 Å². The average Bonchev–Trinajstić information content (AvgIpc) is 2.75. The summed E-state index contributed by atoms with van der Waals surface area (Å²) in [4.78, 5) is 15.4. The number of rotatable bonds is 0. The molecular weight excluding hydrogens is 318 g/mol. The molecule has 0 atom stereocenters. The predicted molar refractivity (Wildman–Crippen MR) is 94.1 cm³/mol. The van der Waals surface area contributed by atoms with Crippen LogP contribution in [0.25, 0.3) is 11.1 Å². The van der Waals surface area contributed by atoms with Crippen molar-refractivity contribution in [1.29, 1.82) is 0 Å². The van der Waals surface area contributed by atoms with Crippen LogP contribution in [0, 0.1) is 17.7 Å². The predicted octanol–water partition coefficient (Wildman–Crippen LogP) is 5.42.